The second-order valence-corrected chi connectivity index (χ2v) is 11.8. The lowest BCUT2D eigenvalue weighted by molar-refractivity contribution is -0.194. The molecule has 5 rings (SSSR count). The van der Waals surface area contributed by atoms with Crippen LogP contribution in [0.3, 0.4) is 0 Å². The summed E-state index contributed by atoms with van der Waals surface area (Å²) in [4.78, 5) is 72.4. The predicted octanol–water partition coefficient (Wildman–Crippen LogP) is 1.14. The minimum Gasteiger partial charge on any atom is -0.493 e. The number of hydrogen-bond acceptors (Lipinski definition) is 14. The van der Waals surface area contributed by atoms with Crippen LogP contribution in [0.25, 0.3) is 0 Å². The van der Waals surface area contributed by atoms with Gasteiger partial charge >= 0.3 is 36.0 Å². The minimum absolute atomic E-state index is 0.00456. The lowest BCUT2D eigenvalue weighted by Crippen LogP contribution is -2.74. The highest BCUT2D eigenvalue weighted by Crippen LogP contribution is 2.65. The summed E-state index contributed by atoms with van der Waals surface area (Å²) >= 11 is 0. The average Bonchev–Trinajstić information content (AvgIpc) is 3.37. The number of aliphatic carboxylic acids is 1. The highest BCUT2D eigenvalue weighted by Gasteiger charge is 2.72. The molecule has 1 aromatic rings. The SMILES string of the molecule is COc1ccc2c3c1O[C@H]1C(OC(=O)[C@@H](OC(C)=O)[C@H](OC(C)=O)C(=O)O[C@@H](C)C(=O)O)=CC[C@@]4(O)[C@@H](C2)N(C)CC[C@]314.O=CC(F)(F)F. The zero-order valence-electron chi connectivity index (χ0n) is 26.9. The highest BCUT2D eigenvalue weighted by molar-refractivity contribution is 5.90. The van der Waals surface area contributed by atoms with Crippen LogP contribution >= 0.6 is 0 Å². The first-order valence-electron chi connectivity index (χ1n) is 14.8. The summed E-state index contributed by atoms with van der Waals surface area (Å²) in [6, 6.07) is 3.45. The fourth-order valence-corrected chi connectivity index (χ4v) is 6.88. The molecule has 0 unspecified atom stereocenters. The van der Waals surface area contributed by atoms with Crippen LogP contribution in [-0.2, 0) is 59.6 Å². The summed E-state index contributed by atoms with van der Waals surface area (Å²) in [6.07, 6.45) is -10.1. The number of aldehydes is 1. The van der Waals surface area contributed by atoms with Gasteiger partial charge in [0, 0.05) is 31.9 Å². The Balaban J connectivity index is 0.000000827. The Morgan fingerprint density at radius 3 is 2.18 bits per heavy atom. The Hall–Kier alpha value is -4.71. The molecule has 2 aliphatic carbocycles. The fourth-order valence-electron chi connectivity index (χ4n) is 6.88. The van der Waals surface area contributed by atoms with Crippen molar-refractivity contribution in [2.24, 2.45) is 0 Å². The molecule has 2 aliphatic heterocycles. The number of methoxy groups -OCH3 is 1. The van der Waals surface area contributed by atoms with E-state index in [2.05, 4.69) is 4.90 Å². The molecule has 2 bridgehead atoms. The molecule has 1 spiro atoms. The van der Waals surface area contributed by atoms with Gasteiger partial charge in [0.15, 0.2) is 23.7 Å². The van der Waals surface area contributed by atoms with Gasteiger partial charge in [-0.05, 0) is 51.1 Å². The molecule has 1 aromatic carbocycles. The molecule has 0 radical (unpaired) electrons. The molecule has 0 amide bonds. The number of carbonyl (C=O) groups is 6. The number of nitrogens with zero attached hydrogens (tertiary/aromatic N) is 1. The largest absolute Gasteiger partial charge is 0.493 e. The summed E-state index contributed by atoms with van der Waals surface area (Å²) < 4.78 is 63.9. The summed E-state index contributed by atoms with van der Waals surface area (Å²) in [6.45, 7) is 3.56. The minimum atomic E-state index is -4.64. The number of halogens is 3. The van der Waals surface area contributed by atoms with Crippen LogP contribution in [0.1, 0.15) is 44.7 Å². The van der Waals surface area contributed by atoms with Crippen molar-refractivity contribution in [1.82, 2.24) is 4.90 Å². The van der Waals surface area contributed by atoms with E-state index >= 15 is 0 Å². The van der Waals surface area contributed by atoms with Gasteiger partial charge in [0.25, 0.3) is 0 Å². The van der Waals surface area contributed by atoms with E-state index in [-0.39, 0.29) is 18.2 Å². The number of alkyl halides is 3. The molecule has 2 N–H and O–H groups in total. The Kier molecular flexibility index (Phi) is 10.3. The monoisotopic (exact) mass is 701 g/mol. The number of rotatable bonds is 9. The smallest absolute Gasteiger partial charge is 0.446 e. The second-order valence-electron chi connectivity index (χ2n) is 11.8. The summed E-state index contributed by atoms with van der Waals surface area (Å²) in [5, 5.41) is 21.5. The first-order valence-corrected chi connectivity index (χ1v) is 14.8. The van der Waals surface area contributed by atoms with Crippen LogP contribution in [0.2, 0.25) is 0 Å². The molecule has 49 heavy (non-hydrogen) atoms. The van der Waals surface area contributed by atoms with E-state index < -0.39 is 77.7 Å². The third kappa shape index (κ3) is 6.79. The van der Waals surface area contributed by atoms with E-state index in [1.54, 1.807) is 6.07 Å². The number of likely N-dealkylation sites (N-methyl/N-ethyl adjacent to an activating group) is 1. The van der Waals surface area contributed by atoms with Gasteiger partial charge in [-0.25, -0.2) is 14.4 Å². The van der Waals surface area contributed by atoms with Crippen molar-refractivity contribution in [1.29, 1.82) is 0 Å². The Morgan fingerprint density at radius 2 is 1.65 bits per heavy atom. The normalized spacial score (nSPS) is 26.4. The summed E-state index contributed by atoms with van der Waals surface area (Å²) in [5.74, 6) is -5.44. The number of esters is 4. The van der Waals surface area contributed by atoms with Gasteiger partial charge in [0.05, 0.1) is 18.1 Å². The number of carboxylic acid groups (broad SMARTS) is 1. The number of piperidine rings is 1. The van der Waals surface area contributed by atoms with Crippen LogP contribution in [0.5, 0.6) is 11.5 Å². The van der Waals surface area contributed by atoms with Crippen molar-refractivity contribution in [3.05, 3.63) is 35.1 Å². The standard InChI is InChI=1S/C29H33NO13.C2HF3O/c1-13(25(33)34)39-26(35)22(40-14(2)31)23(41-15(3)32)27(36)42-18-8-9-29(37)19-12-16-6-7-17(38-5)21-20(16)28(29,24(18)43-21)10-11-30(19)4;3-2(4,5)1-6/h6-8,13,19,22-24,37H,9-12H2,1-5H3,(H,33,34);1H/t13-,19+,22-,23-,24-,28-,29+;/m0./s1. The van der Waals surface area contributed by atoms with Crippen LogP contribution in [0.4, 0.5) is 13.2 Å². The zero-order chi connectivity index (χ0) is 36.6. The maximum absolute atomic E-state index is 13.6. The number of carboxylic acids is 1. The van der Waals surface area contributed by atoms with E-state index in [0.717, 1.165) is 31.9 Å². The number of aliphatic hydroxyl groups is 1. The number of hydrogen-bond donors (Lipinski definition) is 2. The predicted molar refractivity (Wildman–Crippen MR) is 154 cm³/mol. The van der Waals surface area contributed by atoms with Gasteiger partial charge < -0.3 is 43.5 Å². The van der Waals surface area contributed by atoms with Gasteiger partial charge in [-0.2, -0.15) is 13.2 Å². The van der Waals surface area contributed by atoms with Crippen LogP contribution in [0, 0.1) is 0 Å². The summed E-state index contributed by atoms with van der Waals surface area (Å²) in [5.41, 5.74) is -0.563. The van der Waals surface area contributed by atoms with Gasteiger partial charge in [-0.15, -0.1) is 0 Å². The molecule has 7 atom stereocenters. The maximum Gasteiger partial charge on any atom is 0.446 e. The molecule has 4 aliphatic rings. The van der Waals surface area contributed by atoms with Crippen molar-refractivity contribution in [3.63, 3.8) is 0 Å². The molecule has 0 aromatic heterocycles. The Bertz CT molecular complexity index is 1580. The first kappa shape index (κ1) is 37.1. The van der Waals surface area contributed by atoms with Crippen molar-refractivity contribution in [3.8, 4) is 11.5 Å². The lowest BCUT2D eigenvalue weighted by Gasteiger charge is -2.61. The number of ether oxygens (including phenoxy) is 6. The first-order chi connectivity index (χ1) is 22.8. The van der Waals surface area contributed by atoms with Gasteiger partial charge in [-0.1, -0.05) is 6.07 Å². The summed E-state index contributed by atoms with van der Waals surface area (Å²) in [7, 11) is 3.44. The average molecular weight is 702 g/mol. The zero-order valence-corrected chi connectivity index (χ0v) is 26.9. The van der Waals surface area contributed by atoms with E-state index in [1.165, 1.54) is 13.2 Å². The molecule has 1 saturated heterocycles. The molecule has 1 fully saturated rings. The van der Waals surface area contributed by atoms with Crippen molar-refractivity contribution < 1.29 is 80.6 Å². The van der Waals surface area contributed by atoms with E-state index in [4.69, 9.17) is 38.3 Å². The van der Waals surface area contributed by atoms with Gasteiger partial charge in [0.1, 0.15) is 5.76 Å². The van der Waals surface area contributed by atoms with Gasteiger partial charge in [-0.3, -0.25) is 14.4 Å². The molecule has 2 heterocycles. The third-order valence-corrected chi connectivity index (χ3v) is 8.88. The Labute approximate surface area is 276 Å². The highest BCUT2D eigenvalue weighted by atomic mass is 19.4. The molecular formula is C31H34F3NO14. The van der Waals surface area contributed by atoms with Crippen LogP contribution in [-0.4, -0.2) is 114 Å². The Morgan fingerprint density at radius 1 is 1.06 bits per heavy atom. The number of carbonyl (C=O) groups excluding carboxylic acids is 5. The molecular weight excluding hydrogens is 667 g/mol. The van der Waals surface area contributed by atoms with E-state index in [1.807, 2.05) is 13.1 Å². The molecule has 0 saturated carbocycles. The molecule has 15 nitrogen and oxygen atoms in total. The van der Waals surface area contributed by atoms with Crippen molar-refractivity contribution in [2.45, 2.75) is 87.7 Å². The van der Waals surface area contributed by atoms with E-state index in [9.17, 15) is 42.3 Å². The van der Waals surface area contributed by atoms with Crippen molar-refractivity contribution in [2.75, 3.05) is 20.7 Å². The molecule has 268 valence electrons. The van der Waals surface area contributed by atoms with E-state index in [0.29, 0.717) is 30.9 Å². The van der Waals surface area contributed by atoms with Gasteiger partial charge in [0.2, 0.25) is 18.5 Å². The second kappa shape index (κ2) is 13.7. The van der Waals surface area contributed by atoms with Crippen LogP contribution in [0.15, 0.2) is 24.0 Å². The number of likely N-dealkylation sites (tertiary alicyclic amines) is 1. The topological polar surface area (TPSA) is 202 Å². The third-order valence-electron chi connectivity index (χ3n) is 8.88. The fraction of sp³-hybridized carbons (Fsp3) is 0.548. The lowest BCUT2D eigenvalue weighted by atomic mass is 9.50. The van der Waals surface area contributed by atoms with Crippen molar-refractivity contribution >= 4 is 36.1 Å². The maximum atomic E-state index is 13.6. The quantitative estimate of drug-likeness (QED) is 0.211. The van der Waals surface area contributed by atoms with Crippen LogP contribution < -0.4 is 9.47 Å². The number of benzene rings is 1. The molecule has 18 heteroatoms.